The zero-order valence-electron chi connectivity index (χ0n) is 30.0. The van der Waals surface area contributed by atoms with E-state index in [0.717, 1.165) is 32.1 Å². The lowest BCUT2D eigenvalue weighted by atomic mass is 9.78. The molecule has 0 amide bonds. The highest BCUT2D eigenvalue weighted by Crippen LogP contribution is 2.55. The molecule has 5 fully saturated rings. The molecular weight excluding hydrogens is 608 g/mol. The van der Waals surface area contributed by atoms with E-state index in [9.17, 15) is 25.2 Å². The van der Waals surface area contributed by atoms with Crippen LogP contribution in [-0.2, 0) is 33.2 Å². The second-order valence-electron chi connectivity index (χ2n) is 16.3. The van der Waals surface area contributed by atoms with E-state index in [1.165, 1.54) is 7.11 Å². The van der Waals surface area contributed by atoms with Crippen LogP contribution in [0.3, 0.4) is 0 Å². The molecule has 4 N–H and O–H groups in total. The van der Waals surface area contributed by atoms with Crippen molar-refractivity contribution < 1.29 is 53.6 Å². The van der Waals surface area contributed by atoms with E-state index in [2.05, 4.69) is 27.7 Å². The zero-order valence-corrected chi connectivity index (χ0v) is 30.0. The Morgan fingerprint density at radius 1 is 1.02 bits per heavy atom. The van der Waals surface area contributed by atoms with Crippen molar-refractivity contribution in [1.29, 1.82) is 0 Å². The molecule has 0 unspecified atom stereocenters. The Morgan fingerprint density at radius 3 is 2.34 bits per heavy atom. The van der Waals surface area contributed by atoms with E-state index < -0.39 is 59.6 Å². The minimum absolute atomic E-state index is 0.153. The van der Waals surface area contributed by atoms with Crippen LogP contribution in [0.25, 0.3) is 0 Å². The van der Waals surface area contributed by atoms with Crippen molar-refractivity contribution in [1.82, 2.24) is 0 Å². The Balaban J connectivity index is 1.29. The number of methoxy groups -OCH3 is 1. The average Bonchev–Trinajstić information content (AvgIpc) is 3.73. The smallest absolute Gasteiger partial charge is 0.308 e. The van der Waals surface area contributed by atoms with Gasteiger partial charge in [0.05, 0.1) is 66.5 Å². The minimum Gasteiger partial charge on any atom is -0.481 e. The van der Waals surface area contributed by atoms with Gasteiger partial charge in [-0.3, -0.25) is 4.79 Å². The molecule has 11 heteroatoms. The highest BCUT2D eigenvalue weighted by Gasteiger charge is 2.62. The molecule has 5 heterocycles. The van der Waals surface area contributed by atoms with E-state index in [4.69, 9.17) is 28.4 Å². The van der Waals surface area contributed by atoms with Gasteiger partial charge in [0, 0.05) is 37.7 Å². The van der Waals surface area contributed by atoms with Crippen molar-refractivity contribution in [2.45, 2.75) is 172 Å². The van der Waals surface area contributed by atoms with Crippen LogP contribution in [0.1, 0.15) is 107 Å². The fraction of sp³-hybridized carbons (Fsp3) is 0.972. The van der Waals surface area contributed by atoms with Gasteiger partial charge in [0.25, 0.3) is 0 Å². The molecule has 47 heavy (non-hydrogen) atoms. The average molecular weight is 671 g/mol. The Hall–Kier alpha value is -0.890. The number of rotatable bonds is 10. The number of aliphatic carboxylic acids is 1. The number of aliphatic hydroxyl groups excluding tert-OH is 2. The maximum Gasteiger partial charge on any atom is 0.308 e. The van der Waals surface area contributed by atoms with Gasteiger partial charge in [-0.1, -0.05) is 41.5 Å². The van der Waals surface area contributed by atoms with E-state index in [1.807, 2.05) is 20.8 Å². The van der Waals surface area contributed by atoms with Crippen LogP contribution < -0.4 is 0 Å². The van der Waals surface area contributed by atoms with Crippen LogP contribution in [0.5, 0.6) is 0 Å². The highest BCUT2D eigenvalue weighted by atomic mass is 16.7. The summed E-state index contributed by atoms with van der Waals surface area (Å²) in [7, 11) is 1.52. The molecule has 1 spiro atoms. The lowest BCUT2D eigenvalue weighted by Gasteiger charge is -2.49. The normalized spacial score (nSPS) is 50.9. The van der Waals surface area contributed by atoms with Crippen LogP contribution in [0.2, 0.25) is 0 Å². The Bertz CT molecular complexity index is 1110. The number of carbonyl (C=O) groups is 1. The SMILES string of the molecule is CC[C@]1([C@@H]2O[C@H]([C@@H]3O[C@](O)(CO)[C@H](C)C[C@@H]3C)C[C@@H]2C)CC[C@H]([C@]2(C)CC[C@]3(C[C@H](O)[C@H](C)[C@H]([C@H](C)[C@H](OC)[C@H](C)C(=O)O)O3)O2)O1. The second-order valence-corrected chi connectivity index (χ2v) is 16.3. The number of hydrogen-bond donors (Lipinski definition) is 4. The van der Waals surface area contributed by atoms with Gasteiger partial charge in [0.1, 0.15) is 0 Å². The van der Waals surface area contributed by atoms with Gasteiger partial charge in [-0.05, 0) is 64.2 Å². The summed E-state index contributed by atoms with van der Waals surface area (Å²) < 4.78 is 39.4. The molecule has 0 aliphatic carbocycles. The van der Waals surface area contributed by atoms with Gasteiger partial charge in [-0.15, -0.1) is 0 Å². The molecule has 5 saturated heterocycles. The largest absolute Gasteiger partial charge is 0.481 e. The summed E-state index contributed by atoms with van der Waals surface area (Å²) in [5, 5.41) is 41.8. The van der Waals surface area contributed by atoms with Gasteiger partial charge in [0.15, 0.2) is 11.6 Å². The van der Waals surface area contributed by atoms with Gasteiger partial charge >= 0.3 is 5.97 Å². The van der Waals surface area contributed by atoms with Gasteiger partial charge in [0.2, 0.25) is 0 Å². The maximum atomic E-state index is 11.8. The van der Waals surface area contributed by atoms with Crippen molar-refractivity contribution in [3.05, 3.63) is 0 Å². The molecule has 5 aliphatic rings. The minimum atomic E-state index is -1.56. The van der Waals surface area contributed by atoms with Crippen molar-refractivity contribution in [3.63, 3.8) is 0 Å². The molecule has 11 nitrogen and oxygen atoms in total. The standard InChI is InChI=1S/C36H62O11/c1-10-34(31-20(3)16-26(43-31)28-19(2)15-21(4)36(41,18-37)46-28)12-11-27(44-34)33(8)13-14-35(47-33)17-25(38)22(5)30(45-35)23(6)29(42-9)24(7)32(39)40/h19-31,37-38,41H,10-18H2,1-9H3,(H,39,40)/t19-,20-,21+,22-,23+,24-,25-,26-,27+,28+,29-,30+,31+,33-,34+,35+,36+/m0/s1. The summed E-state index contributed by atoms with van der Waals surface area (Å²) in [4.78, 5) is 11.8. The van der Waals surface area contributed by atoms with Gasteiger partial charge in [-0.25, -0.2) is 0 Å². The van der Waals surface area contributed by atoms with E-state index in [0.29, 0.717) is 19.3 Å². The third-order valence-electron chi connectivity index (χ3n) is 13.0. The van der Waals surface area contributed by atoms with E-state index >= 15 is 0 Å². The van der Waals surface area contributed by atoms with E-state index in [1.54, 1.807) is 6.92 Å². The van der Waals surface area contributed by atoms with Crippen molar-refractivity contribution in [2.24, 2.45) is 35.5 Å². The maximum absolute atomic E-state index is 11.8. The molecular formula is C36H62O11. The third kappa shape index (κ3) is 6.67. The van der Waals surface area contributed by atoms with Crippen molar-refractivity contribution in [3.8, 4) is 0 Å². The predicted molar refractivity (Wildman–Crippen MR) is 172 cm³/mol. The number of carboxylic acids is 1. The van der Waals surface area contributed by atoms with Crippen LogP contribution in [0.15, 0.2) is 0 Å². The van der Waals surface area contributed by atoms with Crippen LogP contribution in [0.4, 0.5) is 0 Å². The van der Waals surface area contributed by atoms with Crippen molar-refractivity contribution in [2.75, 3.05) is 13.7 Å². The van der Waals surface area contributed by atoms with Gasteiger partial charge in [-0.2, -0.15) is 0 Å². The topological polar surface area (TPSA) is 153 Å². The first-order valence-corrected chi connectivity index (χ1v) is 18.1. The monoisotopic (exact) mass is 670 g/mol. The van der Waals surface area contributed by atoms with Crippen LogP contribution >= 0.6 is 0 Å². The van der Waals surface area contributed by atoms with Crippen LogP contribution in [-0.4, -0.2) is 106 Å². The molecule has 0 aromatic heterocycles. The Morgan fingerprint density at radius 2 is 1.72 bits per heavy atom. The summed E-state index contributed by atoms with van der Waals surface area (Å²) in [5.74, 6) is -4.52. The van der Waals surface area contributed by atoms with Crippen LogP contribution in [0, 0.1) is 35.5 Å². The molecule has 17 atom stereocenters. The second kappa shape index (κ2) is 13.7. The molecule has 0 saturated carbocycles. The molecule has 0 bridgehead atoms. The molecule has 5 aliphatic heterocycles. The molecule has 0 aromatic carbocycles. The quantitative estimate of drug-likeness (QED) is 0.264. The Kier molecular flexibility index (Phi) is 10.9. The van der Waals surface area contributed by atoms with Gasteiger partial charge < -0.3 is 48.8 Å². The fourth-order valence-electron chi connectivity index (χ4n) is 9.91. The summed E-state index contributed by atoms with van der Waals surface area (Å²) in [6.45, 7) is 15.6. The molecule has 0 radical (unpaired) electrons. The number of aliphatic hydroxyl groups is 3. The fourth-order valence-corrected chi connectivity index (χ4v) is 9.91. The van der Waals surface area contributed by atoms with E-state index in [-0.39, 0.29) is 54.0 Å². The summed E-state index contributed by atoms with van der Waals surface area (Å²) in [6.07, 6.45) is 2.99. The first-order valence-electron chi connectivity index (χ1n) is 18.1. The summed E-state index contributed by atoms with van der Waals surface area (Å²) in [5.41, 5.74) is -1.15. The molecule has 0 aromatic rings. The summed E-state index contributed by atoms with van der Waals surface area (Å²) >= 11 is 0. The third-order valence-corrected chi connectivity index (χ3v) is 13.0. The number of hydrogen-bond acceptors (Lipinski definition) is 10. The first kappa shape index (κ1) is 37.4. The molecule has 272 valence electrons. The van der Waals surface area contributed by atoms with Crippen molar-refractivity contribution >= 4 is 5.97 Å². The number of ether oxygens (including phenoxy) is 6. The summed E-state index contributed by atoms with van der Waals surface area (Å²) in [6, 6.07) is 0. The highest BCUT2D eigenvalue weighted by molar-refractivity contribution is 5.70. The number of carboxylic acid groups (broad SMARTS) is 1. The lowest BCUT2D eigenvalue weighted by Crippen LogP contribution is -2.57. The zero-order chi connectivity index (χ0) is 34.7. The lowest BCUT2D eigenvalue weighted by molar-refractivity contribution is -0.336. The Labute approximate surface area is 281 Å². The first-order chi connectivity index (χ1) is 22.0. The molecule has 5 rings (SSSR count). The predicted octanol–water partition coefficient (Wildman–Crippen LogP) is 4.27.